The number of hydrogen-bond acceptors (Lipinski definition) is 5. The molecule has 0 saturated carbocycles. The lowest BCUT2D eigenvalue weighted by Crippen LogP contribution is -2.33. The van der Waals surface area contributed by atoms with Gasteiger partial charge in [0.2, 0.25) is 10.0 Å². The summed E-state index contributed by atoms with van der Waals surface area (Å²) in [5.74, 6) is 0.448. The molecule has 0 atom stereocenters. The number of sulfonamides is 1. The Hall–Kier alpha value is -2.42. The molecule has 7 nitrogen and oxygen atoms in total. The smallest absolute Gasteiger partial charge is 0.255 e. The second kappa shape index (κ2) is 9.39. The molecular formula is C21H27N3O4S. The summed E-state index contributed by atoms with van der Waals surface area (Å²) in [7, 11) is -1.98. The van der Waals surface area contributed by atoms with Gasteiger partial charge in [0.05, 0.1) is 12.0 Å². The zero-order chi connectivity index (χ0) is 20.9. The third-order valence-corrected chi connectivity index (χ3v) is 6.48. The number of hydrogen-bond donors (Lipinski definition) is 2. The maximum absolute atomic E-state index is 12.4. The maximum Gasteiger partial charge on any atom is 0.255 e. The van der Waals surface area contributed by atoms with Crippen LogP contribution in [0.4, 0.5) is 5.69 Å². The molecule has 1 amide bonds. The highest BCUT2D eigenvalue weighted by molar-refractivity contribution is 7.89. The van der Waals surface area contributed by atoms with Crippen LogP contribution >= 0.6 is 0 Å². The molecular weight excluding hydrogens is 390 g/mol. The van der Waals surface area contributed by atoms with E-state index in [1.54, 1.807) is 37.4 Å². The molecule has 0 spiro atoms. The molecule has 2 N–H and O–H groups in total. The highest BCUT2D eigenvalue weighted by Crippen LogP contribution is 2.20. The van der Waals surface area contributed by atoms with Crippen molar-refractivity contribution in [1.82, 2.24) is 9.62 Å². The van der Waals surface area contributed by atoms with Gasteiger partial charge in [0.1, 0.15) is 5.75 Å². The van der Waals surface area contributed by atoms with Gasteiger partial charge in [-0.2, -0.15) is 0 Å². The van der Waals surface area contributed by atoms with Gasteiger partial charge in [-0.05, 0) is 80.9 Å². The van der Waals surface area contributed by atoms with Crippen molar-refractivity contribution in [2.75, 3.05) is 38.6 Å². The van der Waals surface area contributed by atoms with Crippen LogP contribution in [0, 0.1) is 6.92 Å². The van der Waals surface area contributed by atoms with Crippen molar-refractivity contribution < 1.29 is 17.9 Å². The normalized spacial score (nSPS) is 14.7. The Labute approximate surface area is 172 Å². The van der Waals surface area contributed by atoms with Gasteiger partial charge in [0, 0.05) is 24.3 Å². The third kappa shape index (κ3) is 5.56. The maximum atomic E-state index is 12.4. The van der Waals surface area contributed by atoms with Crippen LogP contribution in [0.15, 0.2) is 47.4 Å². The van der Waals surface area contributed by atoms with Crippen LogP contribution in [0.2, 0.25) is 0 Å². The van der Waals surface area contributed by atoms with E-state index in [1.165, 1.54) is 25.0 Å². The number of amides is 1. The number of rotatable bonds is 8. The summed E-state index contributed by atoms with van der Waals surface area (Å²) in [6.07, 6.45) is 2.35. The predicted octanol–water partition coefficient (Wildman–Crippen LogP) is 2.63. The fourth-order valence-electron chi connectivity index (χ4n) is 3.37. The predicted molar refractivity (Wildman–Crippen MR) is 113 cm³/mol. The van der Waals surface area contributed by atoms with E-state index in [4.69, 9.17) is 4.74 Å². The Morgan fingerprint density at radius 2 is 1.79 bits per heavy atom. The number of carbonyl (C=O) groups is 1. The molecule has 0 unspecified atom stereocenters. The zero-order valence-electron chi connectivity index (χ0n) is 16.8. The molecule has 156 valence electrons. The molecule has 1 saturated heterocycles. The van der Waals surface area contributed by atoms with Crippen molar-refractivity contribution >= 4 is 21.6 Å². The van der Waals surface area contributed by atoms with E-state index in [9.17, 15) is 13.2 Å². The number of nitrogens with one attached hydrogen (secondary N) is 2. The number of nitrogens with zero attached hydrogens (tertiary/aromatic N) is 1. The second-order valence-corrected chi connectivity index (χ2v) is 8.88. The van der Waals surface area contributed by atoms with Gasteiger partial charge in [0.25, 0.3) is 5.91 Å². The van der Waals surface area contributed by atoms with E-state index in [0.29, 0.717) is 30.1 Å². The van der Waals surface area contributed by atoms with Gasteiger partial charge in [-0.1, -0.05) is 0 Å². The van der Waals surface area contributed by atoms with E-state index in [-0.39, 0.29) is 10.8 Å². The minimum Gasteiger partial charge on any atom is -0.496 e. The van der Waals surface area contributed by atoms with E-state index in [0.717, 1.165) is 18.7 Å². The highest BCUT2D eigenvalue weighted by atomic mass is 32.2. The van der Waals surface area contributed by atoms with Gasteiger partial charge < -0.3 is 15.0 Å². The first-order valence-corrected chi connectivity index (χ1v) is 11.2. The van der Waals surface area contributed by atoms with E-state index < -0.39 is 10.0 Å². The van der Waals surface area contributed by atoms with Gasteiger partial charge in [-0.25, -0.2) is 13.1 Å². The summed E-state index contributed by atoms with van der Waals surface area (Å²) >= 11 is 0. The molecule has 0 aromatic heterocycles. The first kappa shape index (κ1) is 21.3. The molecule has 0 bridgehead atoms. The summed E-state index contributed by atoms with van der Waals surface area (Å²) in [6, 6.07) is 11.3. The Morgan fingerprint density at radius 3 is 2.41 bits per heavy atom. The number of ether oxygens (including phenoxy) is 1. The summed E-state index contributed by atoms with van der Waals surface area (Å²) < 4.78 is 32.7. The molecule has 3 rings (SSSR count). The molecule has 1 heterocycles. The Bertz CT molecular complexity index is 952. The van der Waals surface area contributed by atoms with Crippen molar-refractivity contribution in [3.63, 3.8) is 0 Å². The van der Waals surface area contributed by atoms with E-state index >= 15 is 0 Å². The molecule has 2 aromatic rings. The van der Waals surface area contributed by atoms with Crippen LogP contribution in [-0.4, -0.2) is 52.5 Å². The lowest BCUT2D eigenvalue weighted by atomic mass is 10.1. The van der Waals surface area contributed by atoms with Gasteiger partial charge in [-0.15, -0.1) is 0 Å². The van der Waals surface area contributed by atoms with Gasteiger partial charge in [-0.3, -0.25) is 4.79 Å². The summed E-state index contributed by atoms with van der Waals surface area (Å²) in [4.78, 5) is 14.9. The zero-order valence-corrected chi connectivity index (χ0v) is 17.6. The number of benzene rings is 2. The molecule has 0 radical (unpaired) electrons. The van der Waals surface area contributed by atoms with Crippen LogP contribution < -0.4 is 14.8 Å². The first-order valence-electron chi connectivity index (χ1n) is 9.67. The van der Waals surface area contributed by atoms with Crippen molar-refractivity contribution in [3.8, 4) is 5.75 Å². The largest absolute Gasteiger partial charge is 0.496 e. The van der Waals surface area contributed by atoms with Crippen LogP contribution in [0.25, 0.3) is 0 Å². The minimum absolute atomic E-state index is 0.178. The van der Waals surface area contributed by atoms with E-state index in [1.807, 2.05) is 6.92 Å². The fourth-order valence-corrected chi connectivity index (χ4v) is 4.39. The summed E-state index contributed by atoms with van der Waals surface area (Å²) in [5, 5.41) is 2.78. The fraction of sp³-hybridized carbons (Fsp3) is 0.381. The number of aryl methyl sites for hydroxylation is 1. The lowest BCUT2D eigenvalue weighted by molar-refractivity contribution is 0.102. The monoisotopic (exact) mass is 417 g/mol. The topological polar surface area (TPSA) is 87.7 Å². The minimum atomic E-state index is -3.57. The number of anilines is 1. The molecule has 29 heavy (non-hydrogen) atoms. The van der Waals surface area contributed by atoms with Crippen molar-refractivity contribution in [2.45, 2.75) is 24.7 Å². The Morgan fingerprint density at radius 1 is 1.10 bits per heavy atom. The number of likely N-dealkylation sites (tertiary alicyclic amines) is 1. The second-order valence-electron chi connectivity index (χ2n) is 7.11. The van der Waals surface area contributed by atoms with Gasteiger partial charge in [0.15, 0.2) is 0 Å². The molecule has 1 aliphatic heterocycles. The molecule has 1 aliphatic rings. The van der Waals surface area contributed by atoms with Crippen LogP contribution in [0.1, 0.15) is 28.8 Å². The number of carbonyl (C=O) groups excluding carboxylic acids is 1. The molecule has 2 aromatic carbocycles. The molecule has 0 aliphatic carbocycles. The summed E-state index contributed by atoms with van der Waals surface area (Å²) in [5.41, 5.74) is 1.89. The Kier molecular flexibility index (Phi) is 6.89. The average molecular weight is 418 g/mol. The van der Waals surface area contributed by atoms with Crippen molar-refractivity contribution in [2.24, 2.45) is 0 Å². The summed E-state index contributed by atoms with van der Waals surface area (Å²) in [6.45, 7) is 5.03. The Balaban J connectivity index is 1.58. The number of methoxy groups -OCH3 is 1. The van der Waals surface area contributed by atoms with Crippen LogP contribution in [0.3, 0.4) is 0 Å². The van der Waals surface area contributed by atoms with E-state index in [2.05, 4.69) is 14.9 Å². The first-order chi connectivity index (χ1) is 13.9. The third-order valence-electron chi connectivity index (χ3n) is 5.00. The quantitative estimate of drug-likeness (QED) is 0.689. The van der Waals surface area contributed by atoms with Crippen molar-refractivity contribution in [1.29, 1.82) is 0 Å². The SMILES string of the molecule is COc1ccc(C(=O)Nc2ccc(S(=O)(=O)NCCN3CCCC3)cc2)cc1C. The molecule has 8 heteroatoms. The van der Waals surface area contributed by atoms with Crippen LogP contribution in [0.5, 0.6) is 5.75 Å². The lowest BCUT2D eigenvalue weighted by Gasteiger charge is -2.15. The standard InChI is InChI=1S/C21H27N3O4S/c1-16-15-17(5-10-20(16)28-2)21(25)23-18-6-8-19(9-7-18)29(26,27)22-11-14-24-12-3-4-13-24/h5-10,15,22H,3-4,11-14H2,1-2H3,(H,23,25). The molecule has 1 fully saturated rings. The van der Waals surface area contributed by atoms with Crippen molar-refractivity contribution in [3.05, 3.63) is 53.6 Å². The average Bonchev–Trinajstić information content (AvgIpc) is 3.21. The highest BCUT2D eigenvalue weighted by Gasteiger charge is 2.16. The van der Waals surface area contributed by atoms with Crippen LogP contribution in [-0.2, 0) is 10.0 Å². The van der Waals surface area contributed by atoms with Gasteiger partial charge >= 0.3 is 0 Å².